The van der Waals surface area contributed by atoms with Gasteiger partial charge in [0.25, 0.3) is 0 Å². The van der Waals surface area contributed by atoms with Crippen molar-refractivity contribution in [3.05, 3.63) is 24.7 Å². The number of aliphatic hydroxyl groups excluding tert-OH is 1. The summed E-state index contributed by atoms with van der Waals surface area (Å²) in [6, 6.07) is 3.70. The quantitative estimate of drug-likeness (QED) is 0.241. The molecule has 1 unspecified atom stereocenters. The van der Waals surface area contributed by atoms with Crippen LogP contribution in [-0.4, -0.2) is 74.5 Å². The Morgan fingerprint density at radius 2 is 2.00 bits per heavy atom. The Morgan fingerprint density at radius 3 is 2.72 bits per heavy atom. The minimum Gasteiger partial charge on any atom is -0.481 e. The highest BCUT2D eigenvalue weighted by molar-refractivity contribution is 5.85. The fourth-order valence-corrected chi connectivity index (χ4v) is 3.71. The van der Waals surface area contributed by atoms with Gasteiger partial charge in [-0.25, -0.2) is 19.9 Å². The summed E-state index contributed by atoms with van der Waals surface area (Å²) in [5.74, 6) is 1.93. The molecule has 1 atom stereocenters. The molecule has 11 heteroatoms. The minimum absolute atomic E-state index is 0.499. The van der Waals surface area contributed by atoms with Crippen molar-refractivity contribution in [1.29, 1.82) is 0 Å². The van der Waals surface area contributed by atoms with Crippen LogP contribution in [0.25, 0.3) is 22.6 Å². The zero-order valence-corrected chi connectivity index (χ0v) is 18.1. The molecule has 11 nitrogen and oxygen atoms in total. The zero-order valence-electron chi connectivity index (χ0n) is 18.1. The summed E-state index contributed by atoms with van der Waals surface area (Å²) >= 11 is 0. The summed E-state index contributed by atoms with van der Waals surface area (Å²) in [6.45, 7) is 3.56. The molecule has 1 aliphatic heterocycles. The molecule has 32 heavy (non-hydrogen) atoms. The lowest BCUT2D eigenvalue weighted by atomic mass is 10.2. The van der Waals surface area contributed by atoms with Crippen LogP contribution >= 0.6 is 0 Å². The number of nitrogens with one attached hydrogen (secondary N) is 1. The van der Waals surface area contributed by atoms with Gasteiger partial charge in [0, 0.05) is 37.5 Å². The number of imidazole rings is 1. The van der Waals surface area contributed by atoms with Crippen LogP contribution in [0, 0.1) is 0 Å². The van der Waals surface area contributed by atoms with Crippen LogP contribution in [0.1, 0.15) is 25.7 Å². The van der Waals surface area contributed by atoms with Crippen molar-refractivity contribution < 1.29 is 19.8 Å². The Kier molecular flexibility index (Phi) is 7.43. The van der Waals surface area contributed by atoms with Crippen LogP contribution in [0.15, 0.2) is 24.7 Å². The van der Waals surface area contributed by atoms with Crippen molar-refractivity contribution in [3.63, 3.8) is 0 Å². The Balaban J connectivity index is 1.60. The molecule has 1 fully saturated rings. The van der Waals surface area contributed by atoms with Crippen LogP contribution in [-0.2, 0) is 11.3 Å². The number of unbranched alkanes of at least 4 members (excludes halogenated alkanes) is 2. The first-order chi connectivity index (χ1) is 15.7. The number of fused-ring (bicyclic) bond motifs is 1. The fourth-order valence-electron chi connectivity index (χ4n) is 3.71. The van der Waals surface area contributed by atoms with Gasteiger partial charge in [-0.1, -0.05) is 6.42 Å². The van der Waals surface area contributed by atoms with E-state index in [1.807, 2.05) is 22.4 Å². The number of methoxy groups -OCH3 is 1. The van der Waals surface area contributed by atoms with Crippen LogP contribution in [0.5, 0.6) is 5.88 Å². The summed E-state index contributed by atoms with van der Waals surface area (Å²) in [5.41, 5.74) is 4.22. The number of pyridine rings is 1. The maximum Gasteiger partial charge on any atom is 0.212 e. The number of rotatable bonds is 10. The normalized spacial score (nSPS) is 15.3. The standard InChI is InChI=1S/C21H29N7O4/c1-31-17-7-6-15(13-22-17)19-24-20(27-9-11-32-12-10-27)18-21(25-19)28(14-23-18)8-4-2-3-5-16(29)26-30/h6-7,13-14,16,26,29-30H,2-5,8-12H2,1H3. The van der Waals surface area contributed by atoms with E-state index in [4.69, 9.17) is 24.6 Å². The monoisotopic (exact) mass is 443 g/mol. The lowest BCUT2D eigenvalue weighted by molar-refractivity contribution is -0.00395. The van der Waals surface area contributed by atoms with E-state index in [2.05, 4.69) is 14.9 Å². The molecule has 0 saturated carbocycles. The van der Waals surface area contributed by atoms with Crippen LogP contribution in [0.2, 0.25) is 0 Å². The Hall–Kier alpha value is -2.86. The summed E-state index contributed by atoms with van der Waals surface area (Å²) in [4.78, 5) is 20.8. The number of aliphatic hydroxyl groups is 1. The van der Waals surface area contributed by atoms with Gasteiger partial charge in [-0.3, -0.25) is 0 Å². The molecule has 0 aromatic carbocycles. The van der Waals surface area contributed by atoms with Crippen molar-refractivity contribution in [2.45, 2.75) is 38.5 Å². The number of anilines is 1. The van der Waals surface area contributed by atoms with E-state index >= 15 is 0 Å². The first-order valence-corrected chi connectivity index (χ1v) is 10.8. The number of nitrogens with zero attached hydrogens (tertiary/aromatic N) is 6. The number of aromatic nitrogens is 5. The van der Waals surface area contributed by atoms with Gasteiger partial charge < -0.3 is 29.3 Å². The Bertz CT molecular complexity index is 1010. The number of ether oxygens (including phenoxy) is 2. The third-order valence-corrected chi connectivity index (χ3v) is 5.49. The van der Waals surface area contributed by atoms with E-state index in [1.165, 1.54) is 0 Å². The van der Waals surface area contributed by atoms with E-state index in [9.17, 15) is 5.11 Å². The zero-order chi connectivity index (χ0) is 22.3. The molecule has 0 aliphatic carbocycles. The topological polar surface area (TPSA) is 131 Å². The van der Waals surface area contributed by atoms with Gasteiger partial charge in [0.15, 0.2) is 22.8 Å². The molecule has 0 radical (unpaired) electrons. The number of hydrogen-bond donors (Lipinski definition) is 3. The summed E-state index contributed by atoms with van der Waals surface area (Å²) in [5, 5.41) is 18.1. The summed E-state index contributed by atoms with van der Waals surface area (Å²) < 4.78 is 12.7. The van der Waals surface area contributed by atoms with Gasteiger partial charge in [-0.05, 0) is 25.3 Å². The molecule has 3 aromatic rings. The lowest BCUT2D eigenvalue weighted by Gasteiger charge is -2.28. The predicted molar refractivity (Wildman–Crippen MR) is 118 cm³/mol. The molecule has 3 N–H and O–H groups in total. The maximum atomic E-state index is 9.39. The molecular weight excluding hydrogens is 414 g/mol. The molecule has 1 aliphatic rings. The molecule has 1 saturated heterocycles. The van der Waals surface area contributed by atoms with Gasteiger partial charge in [-0.15, -0.1) is 0 Å². The number of morpholine rings is 1. The van der Waals surface area contributed by atoms with E-state index < -0.39 is 6.23 Å². The molecule has 0 spiro atoms. The summed E-state index contributed by atoms with van der Waals surface area (Å²) in [6.07, 6.45) is 5.76. The molecular formula is C21H29N7O4. The average molecular weight is 444 g/mol. The molecule has 172 valence electrons. The molecule has 0 bridgehead atoms. The van der Waals surface area contributed by atoms with Crippen molar-refractivity contribution in [2.75, 3.05) is 38.3 Å². The van der Waals surface area contributed by atoms with E-state index in [0.29, 0.717) is 31.3 Å². The highest BCUT2D eigenvalue weighted by atomic mass is 16.5. The number of hydrogen-bond acceptors (Lipinski definition) is 10. The van der Waals surface area contributed by atoms with Crippen LogP contribution in [0.4, 0.5) is 5.82 Å². The second kappa shape index (κ2) is 10.6. The van der Waals surface area contributed by atoms with E-state index in [1.54, 1.807) is 19.4 Å². The van der Waals surface area contributed by atoms with Crippen molar-refractivity contribution >= 4 is 17.0 Å². The fraction of sp³-hybridized carbons (Fsp3) is 0.524. The van der Waals surface area contributed by atoms with Gasteiger partial charge in [-0.2, -0.15) is 5.48 Å². The van der Waals surface area contributed by atoms with Gasteiger partial charge in [0.2, 0.25) is 5.88 Å². The predicted octanol–water partition coefficient (Wildman–Crippen LogP) is 1.59. The van der Waals surface area contributed by atoms with Crippen molar-refractivity contribution in [1.82, 2.24) is 30.0 Å². The lowest BCUT2D eigenvalue weighted by Crippen LogP contribution is -2.37. The Labute approximate surface area is 186 Å². The second-order valence-corrected chi connectivity index (χ2v) is 7.66. The second-order valence-electron chi connectivity index (χ2n) is 7.66. The molecule has 4 heterocycles. The van der Waals surface area contributed by atoms with E-state index in [0.717, 1.165) is 61.4 Å². The van der Waals surface area contributed by atoms with E-state index in [-0.39, 0.29) is 0 Å². The number of aryl methyl sites for hydroxylation is 1. The summed E-state index contributed by atoms with van der Waals surface area (Å²) in [7, 11) is 1.58. The first kappa shape index (κ1) is 22.3. The number of hydroxylamine groups is 1. The molecule has 4 rings (SSSR count). The van der Waals surface area contributed by atoms with Gasteiger partial charge in [0.1, 0.15) is 6.23 Å². The third-order valence-electron chi connectivity index (χ3n) is 5.49. The Morgan fingerprint density at radius 1 is 1.16 bits per heavy atom. The van der Waals surface area contributed by atoms with Crippen molar-refractivity contribution in [2.24, 2.45) is 0 Å². The maximum absolute atomic E-state index is 9.39. The van der Waals surface area contributed by atoms with Gasteiger partial charge in [0.05, 0.1) is 26.7 Å². The van der Waals surface area contributed by atoms with Crippen molar-refractivity contribution in [3.8, 4) is 17.3 Å². The first-order valence-electron chi connectivity index (χ1n) is 10.8. The smallest absolute Gasteiger partial charge is 0.212 e. The van der Waals surface area contributed by atoms with Gasteiger partial charge >= 0.3 is 0 Å². The highest BCUT2D eigenvalue weighted by Gasteiger charge is 2.21. The average Bonchev–Trinajstić information content (AvgIpc) is 3.26. The molecule has 0 amide bonds. The third kappa shape index (κ3) is 5.13. The highest BCUT2D eigenvalue weighted by Crippen LogP contribution is 2.28. The largest absolute Gasteiger partial charge is 0.481 e. The van der Waals surface area contributed by atoms with Crippen LogP contribution < -0.4 is 15.1 Å². The SMILES string of the molecule is COc1ccc(-c2nc(N3CCOCC3)c3ncn(CCCCCC(O)NO)c3n2)cn1. The minimum atomic E-state index is -0.881. The molecule has 3 aromatic heterocycles. The van der Waals surface area contributed by atoms with Crippen LogP contribution in [0.3, 0.4) is 0 Å².